The van der Waals surface area contributed by atoms with Crippen LogP contribution in [0, 0.1) is 0 Å². The van der Waals surface area contributed by atoms with Crippen LogP contribution < -0.4 is 5.32 Å². The topological polar surface area (TPSA) is 55.7 Å². The van der Waals surface area contributed by atoms with Gasteiger partial charge in [0.25, 0.3) is 0 Å². The maximum Gasteiger partial charge on any atom is 0.117 e. The number of aliphatic hydroxyl groups excluding tert-OH is 1. The second kappa shape index (κ2) is 10.1. The number of halogens is 1. The summed E-state index contributed by atoms with van der Waals surface area (Å²) < 4.78 is 0. The monoisotopic (exact) mass is 396 g/mol. The number of hydrogen-bond donors (Lipinski definition) is 3. The van der Waals surface area contributed by atoms with E-state index in [1.54, 1.807) is 12.1 Å². The predicted octanol–water partition coefficient (Wildman–Crippen LogP) is 4.69. The molecule has 3 N–H and O–H groups in total. The molecule has 0 radical (unpaired) electrons. The van der Waals surface area contributed by atoms with Crippen molar-refractivity contribution in [3.8, 4) is 5.75 Å². The average Bonchev–Trinajstić information content (AvgIpc) is 2.71. The van der Waals surface area contributed by atoms with E-state index in [1.807, 2.05) is 36.4 Å². The summed E-state index contributed by atoms with van der Waals surface area (Å²) >= 11 is 6.31. The van der Waals surface area contributed by atoms with Crippen LogP contribution >= 0.6 is 11.6 Å². The molecule has 146 valence electrons. The minimum Gasteiger partial charge on any atom is -0.508 e. The van der Waals surface area contributed by atoms with Gasteiger partial charge in [-0.05, 0) is 23.3 Å². The third kappa shape index (κ3) is 5.73. The average molecular weight is 397 g/mol. The number of hydrogen-bond acceptors (Lipinski definition) is 4. The fourth-order valence-corrected chi connectivity index (χ4v) is 3.43. The Morgan fingerprint density at radius 3 is 2.25 bits per heavy atom. The van der Waals surface area contributed by atoms with E-state index in [0.717, 1.165) is 17.8 Å². The smallest absolute Gasteiger partial charge is 0.117 e. The third-order valence-corrected chi connectivity index (χ3v) is 4.90. The molecule has 0 fully saturated rings. The van der Waals surface area contributed by atoms with Crippen LogP contribution in [-0.2, 0) is 6.54 Å². The molecule has 4 nitrogen and oxygen atoms in total. The Morgan fingerprint density at radius 1 is 0.929 bits per heavy atom. The van der Waals surface area contributed by atoms with Gasteiger partial charge in [-0.3, -0.25) is 4.90 Å². The normalized spacial score (nSPS) is 12.1. The molecule has 0 aliphatic carbocycles. The Morgan fingerprint density at radius 2 is 1.61 bits per heavy atom. The number of aliphatic hydroxyl groups is 1. The van der Waals surface area contributed by atoms with Crippen LogP contribution in [0.15, 0.2) is 78.9 Å². The van der Waals surface area contributed by atoms with Crippen molar-refractivity contribution in [3.63, 3.8) is 0 Å². The van der Waals surface area contributed by atoms with Gasteiger partial charge in [-0.25, -0.2) is 0 Å². The van der Waals surface area contributed by atoms with Crippen LogP contribution in [0.5, 0.6) is 5.75 Å². The number of aromatic hydroxyl groups is 1. The van der Waals surface area contributed by atoms with Crippen molar-refractivity contribution in [2.75, 3.05) is 25.0 Å². The Balaban J connectivity index is 1.82. The van der Waals surface area contributed by atoms with Gasteiger partial charge in [-0.15, -0.1) is 0 Å². The van der Waals surface area contributed by atoms with Crippen molar-refractivity contribution >= 4 is 17.3 Å². The lowest BCUT2D eigenvalue weighted by Gasteiger charge is -2.29. The number of phenolic OH excluding ortho intramolecular Hbond substituents is 1. The molecular weight excluding hydrogens is 372 g/mol. The Hall–Kier alpha value is -2.53. The Kier molecular flexibility index (Phi) is 7.31. The highest BCUT2D eigenvalue weighted by molar-refractivity contribution is 6.33. The van der Waals surface area contributed by atoms with Gasteiger partial charge in [-0.1, -0.05) is 72.3 Å². The molecule has 0 amide bonds. The standard InChI is InChI=1S/C23H25ClN2O2/c24-21-15-20(28)11-12-22(21)25-23(19-9-5-2-6-10-19)17-26(13-14-27)16-18-7-3-1-4-8-18/h1-12,15,23,25,27-28H,13-14,16-17H2/t23-/m0/s1. The first-order valence-corrected chi connectivity index (χ1v) is 9.70. The van der Waals surface area contributed by atoms with Gasteiger partial charge in [0.05, 0.1) is 23.4 Å². The van der Waals surface area contributed by atoms with E-state index in [-0.39, 0.29) is 18.4 Å². The first-order valence-electron chi connectivity index (χ1n) is 9.33. The van der Waals surface area contributed by atoms with Crippen LogP contribution in [0.2, 0.25) is 5.02 Å². The zero-order valence-corrected chi connectivity index (χ0v) is 16.4. The Labute approximate surface area is 171 Å². The molecule has 0 unspecified atom stereocenters. The molecule has 0 bridgehead atoms. The highest BCUT2D eigenvalue weighted by Crippen LogP contribution is 2.30. The molecule has 0 aromatic heterocycles. The zero-order valence-electron chi connectivity index (χ0n) is 15.6. The van der Waals surface area contributed by atoms with Gasteiger partial charge >= 0.3 is 0 Å². The maximum atomic E-state index is 9.62. The summed E-state index contributed by atoms with van der Waals surface area (Å²) in [5.74, 6) is 0.137. The largest absolute Gasteiger partial charge is 0.508 e. The van der Waals surface area contributed by atoms with E-state index in [4.69, 9.17) is 11.6 Å². The summed E-state index contributed by atoms with van der Waals surface area (Å²) in [7, 11) is 0. The molecule has 1 atom stereocenters. The number of rotatable bonds is 9. The molecule has 0 saturated carbocycles. The van der Waals surface area contributed by atoms with Gasteiger partial charge in [0.2, 0.25) is 0 Å². The Bertz CT molecular complexity index is 859. The molecule has 3 aromatic rings. The summed E-state index contributed by atoms with van der Waals surface area (Å²) in [6.07, 6.45) is 0. The molecule has 5 heteroatoms. The number of phenols is 1. The summed E-state index contributed by atoms with van der Waals surface area (Å²) in [5, 5.41) is 23.1. The van der Waals surface area contributed by atoms with Crippen molar-refractivity contribution in [2.24, 2.45) is 0 Å². The van der Waals surface area contributed by atoms with Crippen molar-refractivity contribution in [1.82, 2.24) is 4.90 Å². The van der Waals surface area contributed by atoms with E-state index in [9.17, 15) is 10.2 Å². The van der Waals surface area contributed by atoms with E-state index >= 15 is 0 Å². The number of anilines is 1. The molecule has 28 heavy (non-hydrogen) atoms. The molecular formula is C23H25ClN2O2. The minimum atomic E-state index is -0.0292. The first-order chi connectivity index (χ1) is 13.7. The van der Waals surface area contributed by atoms with Gasteiger partial charge in [0.15, 0.2) is 0 Å². The molecule has 0 heterocycles. The minimum absolute atomic E-state index is 0.0292. The van der Waals surface area contributed by atoms with E-state index < -0.39 is 0 Å². The van der Waals surface area contributed by atoms with E-state index in [1.165, 1.54) is 11.6 Å². The molecule has 0 saturated heterocycles. The van der Waals surface area contributed by atoms with Crippen LogP contribution in [0.4, 0.5) is 5.69 Å². The first kappa shape index (κ1) is 20.2. The number of benzene rings is 3. The maximum absolute atomic E-state index is 9.62. The summed E-state index contributed by atoms with van der Waals surface area (Å²) in [6, 6.07) is 25.3. The lowest BCUT2D eigenvalue weighted by Crippen LogP contribution is -2.33. The number of nitrogens with one attached hydrogen (secondary N) is 1. The van der Waals surface area contributed by atoms with Gasteiger partial charge in [-0.2, -0.15) is 0 Å². The zero-order chi connectivity index (χ0) is 19.8. The van der Waals surface area contributed by atoms with Gasteiger partial charge < -0.3 is 15.5 Å². The second-order valence-electron chi connectivity index (χ2n) is 6.72. The van der Waals surface area contributed by atoms with Gasteiger partial charge in [0, 0.05) is 25.7 Å². The van der Waals surface area contributed by atoms with Crippen LogP contribution in [0.25, 0.3) is 0 Å². The van der Waals surface area contributed by atoms with Crippen LogP contribution in [0.3, 0.4) is 0 Å². The van der Waals surface area contributed by atoms with Crippen molar-refractivity contribution in [2.45, 2.75) is 12.6 Å². The van der Waals surface area contributed by atoms with Crippen LogP contribution in [-0.4, -0.2) is 34.8 Å². The third-order valence-electron chi connectivity index (χ3n) is 4.59. The predicted molar refractivity (Wildman–Crippen MR) is 115 cm³/mol. The fraction of sp³-hybridized carbons (Fsp3) is 0.217. The summed E-state index contributed by atoms with van der Waals surface area (Å²) in [4.78, 5) is 2.22. The lowest BCUT2D eigenvalue weighted by atomic mass is 10.1. The van der Waals surface area contributed by atoms with Gasteiger partial charge in [0.1, 0.15) is 5.75 Å². The number of nitrogens with zero attached hydrogens (tertiary/aromatic N) is 1. The molecule has 0 aliphatic rings. The summed E-state index contributed by atoms with van der Waals surface area (Å²) in [6.45, 7) is 2.10. The molecule has 3 rings (SSSR count). The fourth-order valence-electron chi connectivity index (χ4n) is 3.20. The highest BCUT2D eigenvalue weighted by atomic mass is 35.5. The van der Waals surface area contributed by atoms with Crippen molar-refractivity contribution in [3.05, 3.63) is 95.0 Å². The summed E-state index contributed by atoms with van der Waals surface area (Å²) in [5.41, 5.74) is 3.09. The van der Waals surface area contributed by atoms with E-state index in [2.05, 4.69) is 34.5 Å². The van der Waals surface area contributed by atoms with E-state index in [0.29, 0.717) is 18.1 Å². The highest BCUT2D eigenvalue weighted by Gasteiger charge is 2.17. The van der Waals surface area contributed by atoms with Crippen molar-refractivity contribution < 1.29 is 10.2 Å². The molecule has 0 aliphatic heterocycles. The SMILES string of the molecule is OCCN(Cc1ccccc1)C[C@H](Nc1ccc(O)cc1Cl)c1ccccc1. The molecule has 0 spiro atoms. The lowest BCUT2D eigenvalue weighted by molar-refractivity contribution is 0.185. The second-order valence-corrected chi connectivity index (χ2v) is 7.12. The van der Waals surface area contributed by atoms with Crippen molar-refractivity contribution in [1.29, 1.82) is 0 Å². The molecule has 3 aromatic carbocycles. The van der Waals surface area contributed by atoms with Crippen LogP contribution in [0.1, 0.15) is 17.2 Å². The quantitative estimate of drug-likeness (QED) is 0.459.